The lowest BCUT2D eigenvalue weighted by Gasteiger charge is -2.36. The van der Waals surface area contributed by atoms with Gasteiger partial charge in [-0.2, -0.15) is 0 Å². The second-order valence-corrected chi connectivity index (χ2v) is 4.92. The first-order valence-electron chi connectivity index (χ1n) is 6.33. The molecule has 0 saturated heterocycles. The third kappa shape index (κ3) is 2.35. The molecule has 1 aliphatic rings. The van der Waals surface area contributed by atoms with Gasteiger partial charge in [-0.15, -0.1) is 0 Å². The zero-order valence-corrected chi connectivity index (χ0v) is 10.9. The van der Waals surface area contributed by atoms with Gasteiger partial charge in [0.1, 0.15) is 0 Å². The number of nitrogens with one attached hydrogen (secondary N) is 1. The fourth-order valence-electron chi connectivity index (χ4n) is 2.68. The van der Waals surface area contributed by atoms with E-state index in [1.807, 2.05) is 7.05 Å². The van der Waals surface area contributed by atoms with Crippen LogP contribution in [0.15, 0.2) is 18.2 Å². The average molecular weight is 253 g/mol. The van der Waals surface area contributed by atoms with E-state index in [2.05, 4.69) is 5.32 Å². The zero-order valence-electron chi connectivity index (χ0n) is 10.9. The van der Waals surface area contributed by atoms with E-state index in [0.717, 1.165) is 12.8 Å². The molecule has 1 saturated carbocycles. The minimum Gasteiger partial charge on any atom is -0.494 e. The van der Waals surface area contributed by atoms with Crippen LogP contribution in [0.4, 0.5) is 4.39 Å². The molecule has 2 N–H and O–H groups in total. The summed E-state index contributed by atoms with van der Waals surface area (Å²) in [5.74, 6) is -0.248. The van der Waals surface area contributed by atoms with Crippen LogP contribution in [-0.2, 0) is 5.60 Å². The van der Waals surface area contributed by atoms with E-state index < -0.39 is 11.4 Å². The summed E-state index contributed by atoms with van der Waals surface area (Å²) < 4.78 is 19.1. The molecule has 100 valence electrons. The molecule has 1 aliphatic carbocycles. The molecule has 2 rings (SSSR count). The third-order valence-corrected chi connectivity index (χ3v) is 3.91. The third-order valence-electron chi connectivity index (χ3n) is 3.91. The molecule has 0 spiro atoms. The van der Waals surface area contributed by atoms with Gasteiger partial charge in [-0.25, -0.2) is 4.39 Å². The van der Waals surface area contributed by atoms with Crippen molar-refractivity contribution in [3.05, 3.63) is 29.6 Å². The quantitative estimate of drug-likeness (QED) is 0.867. The Hall–Kier alpha value is -1.13. The van der Waals surface area contributed by atoms with E-state index in [1.54, 1.807) is 18.2 Å². The van der Waals surface area contributed by atoms with Crippen molar-refractivity contribution in [3.63, 3.8) is 0 Å². The monoisotopic (exact) mass is 253 g/mol. The Morgan fingerprint density at radius 1 is 1.39 bits per heavy atom. The SMILES string of the molecule is CNC1CCC(O)(c2cccc(OC)c2F)CC1. The first-order valence-corrected chi connectivity index (χ1v) is 6.33. The van der Waals surface area contributed by atoms with E-state index >= 15 is 0 Å². The van der Waals surface area contributed by atoms with E-state index in [9.17, 15) is 9.50 Å². The number of hydrogen-bond acceptors (Lipinski definition) is 3. The molecule has 3 nitrogen and oxygen atoms in total. The number of ether oxygens (including phenoxy) is 1. The lowest BCUT2D eigenvalue weighted by molar-refractivity contribution is -0.0109. The first kappa shape index (κ1) is 13.3. The van der Waals surface area contributed by atoms with Gasteiger partial charge in [0.25, 0.3) is 0 Å². The Bertz CT molecular complexity index is 414. The Morgan fingerprint density at radius 2 is 2.06 bits per heavy atom. The van der Waals surface area contributed by atoms with Crippen LogP contribution < -0.4 is 10.1 Å². The van der Waals surface area contributed by atoms with E-state index in [4.69, 9.17) is 4.74 Å². The van der Waals surface area contributed by atoms with Gasteiger partial charge in [-0.1, -0.05) is 12.1 Å². The normalized spacial score (nSPS) is 28.1. The summed E-state index contributed by atoms with van der Waals surface area (Å²) >= 11 is 0. The maximum Gasteiger partial charge on any atom is 0.171 e. The Labute approximate surface area is 107 Å². The predicted octanol–water partition coefficient (Wildman–Crippen LogP) is 2.18. The van der Waals surface area contributed by atoms with Gasteiger partial charge in [0.15, 0.2) is 11.6 Å². The summed E-state index contributed by atoms with van der Waals surface area (Å²) in [6.45, 7) is 0. The highest BCUT2D eigenvalue weighted by molar-refractivity contribution is 5.35. The minimum absolute atomic E-state index is 0.191. The van der Waals surface area contributed by atoms with Gasteiger partial charge in [-0.3, -0.25) is 0 Å². The van der Waals surface area contributed by atoms with Crippen LogP contribution >= 0.6 is 0 Å². The van der Waals surface area contributed by atoms with Crippen LogP contribution in [-0.4, -0.2) is 25.3 Å². The number of methoxy groups -OCH3 is 1. The number of aliphatic hydroxyl groups is 1. The maximum atomic E-state index is 14.2. The topological polar surface area (TPSA) is 41.5 Å². The molecule has 0 amide bonds. The first-order chi connectivity index (χ1) is 8.60. The molecule has 1 aromatic rings. The maximum absolute atomic E-state index is 14.2. The van der Waals surface area contributed by atoms with E-state index in [-0.39, 0.29) is 5.75 Å². The van der Waals surface area contributed by atoms with Crippen LogP contribution in [0.2, 0.25) is 0 Å². The number of rotatable bonds is 3. The minimum atomic E-state index is -1.06. The van der Waals surface area contributed by atoms with Crippen molar-refractivity contribution in [1.29, 1.82) is 0 Å². The molecule has 1 aromatic carbocycles. The average Bonchev–Trinajstić information content (AvgIpc) is 2.40. The Kier molecular flexibility index (Phi) is 3.88. The highest BCUT2D eigenvalue weighted by atomic mass is 19.1. The van der Waals surface area contributed by atoms with Crippen molar-refractivity contribution >= 4 is 0 Å². The molecule has 0 bridgehead atoms. The zero-order chi connectivity index (χ0) is 13.2. The van der Waals surface area contributed by atoms with E-state index in [1.165, 1.54) is 7.11 Å². The van der Waals surface area contributed by atoms with E-state index in [0.29, 0.717) is 24.4 Å². The van der Waals surface area contributed by atoms with Gasteiger partial charge < -0.3 is 15.2 Å². The van der Waals surface area contributed by atoms with Crippen LogP contribution in [0, 0.1) is 5.82 Å². The Morgan fingerprint density at radius 3 is 2.61 bits per heavy atom. The summed E-state index contributed by atoms with van der Waals surface area (Å²) in [6, 6.07) is 5.36. The predicted molar refractivity (Wildman–Crippen MR) is 68.2 cm³/mol. The molecule has 0 atom stereocenters. The van der Waals surface area contributed by atoms with Crippen molar-refractivity contribution in [1.82, 2.24) is 5.32 Å². The van der Waals surface area contributed by atoms with Gasteiger partial charge >= 0.3 is 0 Å². The Balaban J connectivity index is 2.26. The highest BCUT2D eigenvalue weighted by Gasteiger charge is 2.37. The summed E-state index contributed by atoms with van der Waals surface area (Å²) in [4.78, 5) is 0. The number of halogens is 1. The van der Waals surface area contributed by atoms with Gasteiger partial charge in [0, 0.05) is 11.6 Å². The summed E-state index contributed by atoms with van der Waals surface area (Å²) in [5, 5.41) is 13.8. The number of benzene rings is 1. The summed E-state index contributed by atoms with van der Waals surface area (Å²) in [6.07, 6.45) is 2.85. The molecule has 18 heavy (non-hydrogen) atoms. The number of hydrogen-bond donors (Lipinski definition) is 2. The fraction of sp³-hybridized carbons (Fsp3) is 0.571. The second kappa shape index (κ2) is 5.24. The van der Waals surface area contributed by atoms with Crippen molar-refractivity contribution in [3.8, 4) is 5.75 Å². The summed E-state index contributed by atoms with van der Waals surface area (Å²) in [5.41, 5.74) is -0.706. The standard InChI is InChI=1S/C14H20FNO2/c1-16-10-6-8-14(17,9-7-10)11-4-3-5-12(18-2)13(11)15/h3-5,10,16-17H,6-9H2,1-2H3. The van der Waals surface area contributed by atoms with Crippen molar-refractivity contribution in [2.24, 2.45) is 0 Å². The van der Waals surface area contributed by atoms with Gasteiger partial charge in [-0.05, 0) is 38.8 Å². The van der Waals surface area contributed by atoms with Crippen LogP contribution in [0.1, 0.15) is 31.2 Å². The molecule has 0 aromatic heterocycles. The second-order valence-electron chi connectivity index (χ2n) is 4.92. The summed E-state index contributed by atoms with van der Waals surface area (Å²) in [7, 11) is 3.35. The lowest BCUT2D eigenvalue weighted by atomic mass is 9.77. The highest BCUT2D eigenvalue weighted by Crippen LogP contribution is 2.39. The van der Waals surface area contributed by atoms with Crippen molar-refractivity contribution in [2.75, 3.05) is 14.2 Å². The molecule has 0 radical (unpaired) electrons. The molecular weight excluding hydrogens is 233 g/mol. The fourth-order valence-corrected chi connectivity index (χ4v) is 2.68. The molecule has 0 aliphatic heterocycles. The lowest BCUT2D eigenvalue weighted by Crippen LogP contribution is -2.38. The smallest absolute Gasteiger partial charge is 0.171 e. The molecule has 1 fully saturated rings. The molecule has 0 unspecified atom stereocenters. The van der Waals surface area contributed by atoms with Gasteiger partial charge in [0.2, 0.25) is 0 Å². The van der Waals surface area contributed by atoms with Crippen LogP contribution in [0.5, 0.6) is 5.75 Å². The van der Waals surface area contributed by atoms with Crippen LogP contribution in [0.25, 0.3) is 0 Å². The van der Waals surface area contributed by atoms with Gasteiger partial charge in [0.05, 0.1) is 12.7 Å². The molecular formula is C14H20FNO2. The molecule has 0 heterocycles. The molecule has 4 heteroatoms. The largest absolute Gasteiger partial charge is 0.494 e. The van der Waals surface area contributed by atoms with Crippen LogP contribution in [0.3, 0.4) is 0 Å². The van der Waals surface area contributed by atoms with Crippen molar-refractivity contribution in [2.45, 2.75) is 37.3 Å². The van der Waals surface area contributed by atoms with Crippen molar-refractivity contribution < 1.29 is 14.2 Å².